The van der Waals surface area contributed by atoms with Gasteiger partial charge in [-0.05, 0) is 43.0 Å². The summed E-state index contributed by atoms with van der Waals surface area (Å²) in [5.74, 6) is 0.698. The summed E-state index contributed by atoms with van der Waals surface area (Å²) in [6, 6.07) is 14.1. The fourth-order valence-corrected chi connectivity index (χ4v) is 4.69. The Morgan fingerprint density at radius 1 is 1.18 bits per heavy atom. The molecular weight excluding hydrogens is 410 g/mol. The van der Waals surface area contributed by atoms with Crippen molar-refractivity contribution in [2.45, 2.75) is 38.6 Å². The van der Waals surface area contributed by atoms with Crippen molar-refractivity contribution in [1.29, 1.82) is 0 Å². The number of aromatic nitrogens is 2. The van der Waals surface area contributed by atoms with E-state index in [-0.39, 0.29) is 5.91 Å². The van der Waals surface area contributed by atoms with E-state index in [4.69, 9.17) is 4.52 Å². The molecular formula is C28H27N3O2. The molecule has 2 N–H and O–H groups in total. The van der Waals surface area contributed by atoms with Crippen LogP contribution in [0.3, 0.4) is 0 Å². The minimum absolute atomic E-state index is 0.0149. The van der Waals surface area contributed by atoms with Crippen LogP contribution in [0.15, 0.2) is 66.3 Å². The van der Waals surface area contributed by atoms with Crippen LogP contribution in [0.4, 0.5) is 0 Å². The van der Waals surface area contributed by atoms with E-state index in [9.17, 15) is 4.79 Å². The summed E-state index contributed by atoms with van der Waals surface area (Å²) in [6.07, 6.45) is 8.26. The second-order valence-electron chi connectivity index (χ2n) is 8.68. The first-order valence-corrected chi connectivity index (χ1v) is 11.4. The molecule has 1 amide bonds. The highest BCUT2D eigenvalue weighted by atomic mass is 16.5. The molecule has 1 aliphatic rings. The summed E-state index contributed by atoms with van der Waals surface area (Å²) in [4.78, 5) is 16.0. The number of aromatic amines is 1. The first-order valence-electron chi connectivity index (χ1n) is 11.4. The molecule has 1 aliphatic carbocycles. The third-order valence-corrected chi connectivity index (χ3v) is 6.54. The summed E-state index contributed by atoms with van der Waals surface area (Å²) in [6.45, 7) is 10.1. The molecule has 33 heavy (non-hydrogen) atoms. The number of benzene rings is 2. The van der Waals surface area contributed by atoms with Gasteiger partial charge in [0, 0.05) is 39.8 Å². The molecule has 2 heterocycles. The van der Waals surface area contributed by atoms with E-state index in [1.165, 1.54) is 12.8 Å². The summed E-state index contributed by atoms with van der Waals surface area (Å²) >= 11 is 0. The Kier molecular flexibility index (Phi) is 5.47. The molecule has 1 saturated carbocycles. The summed E-state index contributed by atoms with van der Waals surface area (Å²) in [5, 5.41) is 8.48. The van der Waals surface area contributed by atoms with Crippen molar-refractivity contribution >= 4 is 28.5 Å². The molecule has 5 nitrogen and oxygen atoms in total. The van der Waals surface area contributed by atoms with Crippen molar-refractivity contribution in [2.75, 3.05) is 0 Å². The number of fused-ring (bicyclic) bond motifs is 1. The average molecular weight is 438 g/mol. The molecule has 1 fully saturated rings. The molecule has 0 saturated heterocycles. The van der Waals surface area contributed by atoms with E-state index in [0.29, 0.717) is 17.4 Å². The van der Waals surface area contributed by atoms with E-state index in [0.717, 1.165) is 57.3 Å². The highest BCUT2D eigenvalue weighted by Crippen LogP contribution is 2.36. The van der Waals surface area contributed by atoms with Crippen molar-refractivity contribution in [3.63, 3.8) is 0 Å². The van der Waals surface area contributed by atoms with Gasteiger partial charge in [0.2, 0.25) is 0 Å². The van der Waals surface area contributed by atoms with E-state index in [2.05, 4.69) is 28.6 Å². The van der Waals surface area contributed by atoms with Gasteiger partial charge in [0.05, 0.1) is 5.56 Å². The van der Waals surface area contributed by atoms with Gasteiger partial charge in [0.1, 0.15) is 11.5 Å². The third kappa shape index (κ3) is 3.91. The Morgan fingerprint density at radius 3 is 2.67 bits per heavy atom. The maximum Gasteiger partial charge on any atom is 0.251 e. The van der Waals surface area contributed by atoms with Gasteiger partial charge in [0.25, 0.3) is 5.91 Å². The fraction of sp³-hybridized carbons (Fsp3) is 0.214. The second kappa shape index (κ2) is 8.58. The summed E-state index contributed by atoms with van der Waals surface area (Å²) in [5.41, 5.74) is 6.99. The Labute approximate surface area is 193 Å². The molecule has 0 atom stereocenters. The zero-order valence-electron chi connectivity index (χ0n) is 18.8. The second-order valence-corrected chi connectivity index (χ2v) is 8.68. The van der Waals surface area contributed by atoms with Gasteiger partial charge in [0.15, 0.2) is 0 Å². The minimum Gasteiger partial charge on any atom is -0.361 e. The van der Waals surface area contributed by atoms with Gasteiger partial charge in [-0.2, -0.15) is 0 Å². The number of nitrogens with zero attached hydrogens (tertiary/aromatic N) is 1. The number of carbonyl (C=O) groups is 1. The van der Waals surface area contributed by atoms with Gasteiger partial charge >= 0.3 is 0 Å². The predicted octanol–water partition coefficient (Wildman–Crippen LogP) is 6.51. The number of rotatable bonds is 6. The summed E-state index contributed by atoms with van der Waals surface area (Å²) < 4.78 is 5.56. The van der Waals surface area contributed by atoms with Gasteiger partial charge in [-0.25, -0.2) is 0 Å². The lowest BCUT2D eigenvalue weighted by Gasteiger charge is -2.12. The van der Waals surface area contributed by atoms with Crippen molar-refractivity contribution < 1.29 is 9.32 Å². The molecule has 166 valence electrons. The molecule has 4 aromatic rings. The smallest absolute Gasteiger partial charge is 0.251 e. The van der Waals surface area contributed by atoms with Crippen molar-refractivity contribution in [2.24, 2.45) is 0 Å². The van der Waals surface area contributed by atoms with E-state index >= 15 is 0 Å². The van der Waals surface area contributed by atoms with E-state index in [1.807, 2.05) is 61.7 Å². The van der Waals surface area contributed by atoms with Crippen molar-refractivity contribution in [3.8, 4) is 11.3 Å². The molecule has 5 rings (SSSR count). The zero-order valence-corrected chi connectivity index (χ0v) is 18.8. The Morgan fingerprint density at radius 2 is 1.94 bits per heavy atom. The highest BCUT2D eigenvalue weighted by Gasteiger charge is 2.22. The quantitative estimate of drug-likeness (QED) is 0.361. The molecule has 5 heteroatoms. The predicted molar refractivity (Wildman–Crippen MR) is 133 cm³/mol. The van der Waals surface area contributed by atoms with Crippen LogP contribution in [-0.4, -0.2) is 22.1 Å². The van der Waals surface area contributed by atoms with Crippen molar-refractivity contribution in [3.05, 3.63) is 89.8 Å². The van der Waals surface area contributed by atoms with Gasteiger partial charge < -0.3 is 14.8 Å². The molecule has 0 unspecified atom stereocenters. The van der Waals surface area contributed by atoms with Gasteiger partial charge in [-0.1, -0.05) is 67.6 Å². The standard InChI is InChI=1S/C28H27N3O2/c1-4-19-9-11-20(12-10-19)27-26(18(3)33-31-27)17(2)24-16-29-25-15-21(13-14-23(24)25)28(32)30-22-7-5-6-8-22/h4,9-16,22,29H,1-2,5-8H2,3H3,(H,30,32). The Bertz CT molecular complexity index is 1350. The highest BCUT2D eigenvalue weighted by molar-refractivity contribution is 6.03. The molecule has 2 aromatic carbocycles. The maximum absolute atomic E-state index is 12.7. The van der Waals surface area contributed by atoms with Crippen LogP contribution in [0.25, 0.3) is 33.8 Å². The molecule has 2 aromatic heterocycles. The monoisotopic (exact) mass is 437 g/mol. The van der Waals surface area contributed by atoms with Crippen molar-refractivity contribution in [1.82, 2.24) is 15.5 Å². The number of H-pyrrole nitrogens is 1. The minimum atomic E-state index is -0.0149. The average Bonchev–Trinajstić information content (AvgIpc) is 3.58. The topological polar surface area (TPSA) is 70.9 Å². The SMILES string of the molecule is C=Cc1ccc(-c2noc(C)c2C(=C)c2c[nH]c3cc(C(=O)NC4CCCC4)ccc23)cc1. The normalized spacial score (nSPS) is 14.0. The first kappa shape index (κ1) is 21.0. The summed E-state index contributed by atoms with van der Waals surface area (Å²) in [7, 11) is 0. The molecule has 0 aliphatic heterocycles. The lowest BCUT2D eigenvalue weighted by molar-refractivity contribution is 0.0938. The zero-order chi connectivity index (χ0) is 22.9. The first-order chi connectivity index (χ1) is 16.0. The number of nitrogens with one attached hydrogen (secondary N) is 2. The maximum atomic E-state index is 12.7. The van der Waals surface area contributed by atoms with Crippen LogP contribution in [0.2, 0.25) is 0 Å². The molecule has 0 bridgehead atoms. The lowest BCUT2D eigenvalue weighted by Crippen LogP contribution is -2.32. The van der Waals surface area contributed by atoms with Crippen LogP contribution in [0.5, 0.6) is 0 Å². The number of hydrogen-bond donors (Lipinski definition) is 2. The number of hydrogen-bond acceptors (Lipinski definition) is 3. The van der Waals surface area contributed by atoms with Crippen LogP contribution >= 0.6 is 0 Å². The van der Waals surface area contributed by atoms with E-state index < -0.39 is 0 Å². The fourth-order valence-electron chi connectivity index (χ4n) is 4.69. The van der Waals surface area contributed by atoms with Crippen LogP contribution in [-0.2, 0) is 0 Å². The van der Waals surface area contributed by atoms with Gasteiger partial charge in [-0.3, -0.25) is 4.79 Å². The molecule has 0 radical (unpaired) electrons. The number of aryl methyl sites for hydroxylation is 1. The van der Waals surface area contributed by atoms with Crippen LogP contribution in [0.1, 0.15) is 58.5 Å². The third-order valence-electron chi connectivity index (χ3n) is 6.54. The number of amides is 1. The Hall–Kier alpha value is -3.86. The number of carbonyl (C=O) groups excluding carboxylic acids is 1. The molecule has 0 spiro atoms. The van der Waals surface area contributed by atoms with Crippen LogP contribution in [0, 0.1) is 6.92 Å². The largest absolute Gasteiger partial charge is 0.361 e. The van der Waals surface area contributed by atoms with Crippen LogP contribution < -0.4 is 5.32 Å². The Balaban J connectivity index is 1.46. The van der Waals surface area contributed by atoms with E-state index in [1.54, 1.807) is 0 Å². The lowest BCUT2D eigenvalue weighted by atomic mass is 9.94. The van der Waals surface area contributed by atoms with Gasteiger partial charge in [-0.15, -0.1) is 0 Å².